The van der Waals surface area contributed by atoms with Crippen molar-refractivity contribution in [2.45, 2.75) is 5.41 Å². The molecule has 0 bridgehead atoms. The third-order valence-corrected chi connectivity index (χ3v) is 11.8. The summed E-state index contributed by atoms with van der Waals surface area (Å²) < 4.78 is 6.61. The number of furan rings is 1. The van der Waals surface area contributed by atoms with Crippen LogP contribution in [0.5, 0.6) is 0 Å². The first kappa shape index (κ1) is 28.8. The molecule has 0 radical (unpaired) electrons. The monoisotopic (exact) mass is 673 g/mol. The van der Waals surface area contributed by atoms with Gasteiger partial charge < -0.3 is 9.32 Å². The summed E-state index contributed by atoms with van der Waals surface area (Å²) in [5, 5.41) is 7.23. The lowest BCUT2D eigenvalue weighted by Crippen LogP contribution is -2.25. The molecule has 0 fully saturated rings. The predicted octanol–water partition coefficient (Wildman–Crippen LogP) is 13.7. The van der Waals surface area contributed by atoms with Crippen LogP contribution in [0.15, 0.2) is 192 Å². The molecule has 0 atom stereocenters. The van der Waals surface area contributed by atoms with Crippen LogP contribution in [-0.2, 0) is 5.41 Å². The minimum absolute atomic E-state index is 0.426. The van der Waals surface area contributed by atoms with Gasteiger partial charge in [-0.2, -0.15) is 0 Å². The van der Waals surface area contributed by atoms with Crippen molar-refractivity contribution in [1.29, 1.82) is 0 Å². The van der Waals surface area contributed by atoms with Crippen LogP contribution in [0.4, 0.5) is 17.1 Å². The number of fused-ring (bicyclic) bond motifs is 16. The Morgan fingerprint density at radius 1 is 0.377 bits per heavy atom. The van der Waals surface area contributed by atoms with E-state index in [-0.39, 0.29) is 0 Å². The number of hydrogen-bond acceptors (Lipinski definition) is 2. The van der Waals surface area contributed by atoms with Crippen LogP contribution in [0, 0.1) is 0 Å². The largest absolute Gasteiger partial charge is 0.454 e. The van der Waals surface area contributed by atoms with E-state index in [1.54, 1.807) is 0 Å². The summed E-state index contributed by atoms with van der Waals surface area (Å²) in [6.45, 7) is 0. The first-order valence-electron chi connectivity index (χ1n) is 18.3. The average molecular weight is 674 g/mol. The molecule has 2 aliphatic carbocycles. The van der Waals surface area contributed by atoms with E-state index in [1.165, 1.54) is 66.1 Å². The van der Waals surface area contributed by atoms with E-state index in [4.69, 9.17) is 4.42 Å². The first-order chi connectivity index (χ1) is 26.3. The molecule has 1 spiro atoms. The minimum Gasteiger partial charge on any atom is -0.454 e. The van der Waals surface area contributed by atoms with Gasteiger partial charge in [0.15, 0.2) is 5.58 Å². The third kappa shape index (κ3) is 3.77. The van der Waals surface area contributed by atoms with E-state index in [1.807, 2.05) is 6.07 Å². The number of rotatable bonds is 3. The summed E-state index contributed by atoms with van der Waals surface area (Å²) in [6, 6.07) is 69.0. The fourth-order valence-electron chi connectivity index (χ4n) is 9.69. The van der Waals surface area contributed by atoms with Crippen molar-refractivity contribution in [3.8, 4) is 22.3 Å². The average Bonchev–Trinajstić information content (AvgIpc) is 3.85. The van der Waals surface area contributed by atoms with E-state index in [2.05, 4.69) is 187 Å². The van der Waals surface area contributed by atoms with Crippen molar-refractivity contribution in [3.63, 3.8) is 0 Å². The predicted molar refractivity (Wildman–Crippen MR) is 220 cm³/mol. The van der Waals surface area contributed by atoms with Crippen molar-refractivity contribution in [2.75, 3.05) is 4.90 Å². The molecule has 10 aromatic rings. The molecule has 246 valence electrons. The number of para-hydroxylation sites is 3. The van der Waals surface area contributed by atoms with Crippen molar-refractivity contribution in [1.82, 2.24) is 0 Å². The topological polar surface area (TPSA) is 16.4 Å². The lowest BCUT2D eigenvalue weighted by atomic mass is 9.70. The van der Waals surface area contributed by atoms with Gasteiger partial charge in [-0.1, -0.05) is 140 Å². The highest BCUT2D eigenvalue weighted by molar-refractivity contribution is 6.11. The van der Waals surface area contributed by atoms with Gasteiger partial charge in [0.25, 0.3) is 0 Å². The highest BCUT2D eigenvalue weighted by atomic mass is 16.3. The Bertz CT molecular complexity index is 3090. The second-order valence-electron chi connectivity index (χ2n) is 14.4. The minimum atomic E-state index is -0.426. The molecule has 0 saturated carbocycles. The highest BCUT2D eigenvalue weighted by Gasteiger charge is 2.52. The number of benzene rings is 9. The Hall–Kier alpha value is -6.90. The van der Waals surface area contributed by atoms with Crippen LogP contribution < -0.4 is 4.90 Å². The van der Waals surface area contributed by atoms with Crippen molar-refractivity contribution < 1.29 is 4.42 Å². The summed E-state index contributed by atoms with van der Waals surface area (Å²) in [5.41, 5.74) is 15.2. The summed E-state index contributed by atoms with van der Waals surface area (Å²) >= 11 is 0. The van der Waals surface area contributed by atoms with Gasteiger partial charge in [0, 0.05) is 22.1 Å². The summed E-state index contributed by atoms with van der Waals surface area (Å²) in [6.07, 6.45) is 0. The quantitative estimate of drug-likeness (QED) is 0.186. The Morgan fingerprint density at radius 3 is 1.89 bits per heavy atom. The molecule has 2 nitrogen and oxygen atoms in total. The second kappa shape index (κ2) is 10.6. The molecule has 9 aromatic carbocycles. The lowest BCUT2D eigenvalue weighted by Gasteiger charge is -2.31. The van der Waals surface area contributed by atoms with Gasteiger partial charge >= 0.3 is 0 Å². The molecular formula is C51H31NO. The Labute approximate surface area is 306 Å². The summed E-state index contributed by atoms with van der Waals surface area (Å²) in [4.78, 5) is 2.34. The molecule has 0 saturated heterocycles. The van der Waals surface area contributed by atoms with Gasteiger partial charge in [-0.3, -0.25) is 0 Å². The van der Waals surface area contributed by atoms with Crippen molar-refractivity contribution in [3.05, 3.63) is 210 Å². The standard InChI is InChI=1S/C51H31NO/c1-2-14-35(15-3-1)52(47-23-12-20-41-40-19-8-11-24-48(40)53-50(41)47)36-27-25-33-30-42-46(31-34(33)29-36)51(45-28-26-32-13-4-5-16-37(32)49(42)45)43-21-9-6-17-38(43)39-18-7-10-22-44(39)51/h1-31H. The van der Waals surface area contributed by atoms with Crippen molar-refractivity contribution >= 4 is 60.5 Å². The van der Waals surface area contributed by atoms with Gasteiger partial charge in [-0.05, 0) is 115 Å². The molecular weight excluding hydrogens is 643 g/mol. The normalized spacial score (nSPS) is 13.4. The maximum absolute atomic E-state index is 6.61. The molecule has 0 aliphatic heterocycles. The van der Waals surface area contributed by atoms with Crippen LogP contribution in [0.25, 0.3) is 65.7 Å². The van der Waals surface area contributed by atoms with Crippen molar-refractivity contribution in [2.24, 2.45) is 0 Å². The van der Waals surface area contributed by atoms with E-state index < -0.39 is 5.41 Å². The molecule has 2 heteroatoms. The van der Waals surface area contributed by atoms with Crippen LogP contribution in [0.2, 0.25) is 0 Å². The molecule has 0 unspecified atom stereocenters. The van der Waals surface area contributed by atoms with E-state index >= 15 is 0 Å². The second-order valence-corrected chi connectivity index (χ2v) is 14.4. The Morgan fingerprint density at radius 2 is 1.06 bits per heavy atom. The SMILES string of the molecule is c1ccc(N(c2ccc3cc4c(cc3c2)C2(c3ccccc3-c3ccccc32)c2ccc3ccccc3c2-4)c2cccc3c2oc2ccccc23)cc1. The number of anilines is 3. The zero-order valence-electron chi connectivity index (χ0n) is 28.8. The maximum Gasteiger partial charge on any atom is 0.159 e. The number of nitrogens with zero attached hydrogens (tertiary/aromatic N) is 1. The number of hydrogen-bond donors (Lipinski definition) is 0. The highest BCUT2D eigenvalue weighted by Crippen LogP contribution is 2.64. The van der Waals surface area contributed by atoms with E-state index in [0.717, 1.165) is 39.0 Å². The van der Waals surface area contributed by atoms with E-state index in [9.17, 15) is 0 Å². The first-order valence-corrected chi connectivity index (χ1v) is 18.3. The molecule has 1 aromatic heterocycles. The summed E-state index contributed by atoms with van der Waals surface area (Å²) in [7, 11) is 0. The summed E-state index contributed by atoms with van der Waals surface area (Å²) in [5.74, 6) is 0. The fourth-order valence-corrected chi connectivity index (χ4v) is 9.69. The van der Waals surface area contributed by atoms with Gasteiger partial charge in [-0.15, -0.1) is 0 Å². The Balaban J connectivity index is 1.15. The van der Waals surface area contributed by atoms with Crippen LogP contribution >= 0.6 is 0 Å². The van der Waals surface area contributed by atoms with Gasteiger partial charge in [0.05, 0.1) is 11.1 Å². The van der Waals surface area contributed by atoms with Crippen LogP contribution in [0.1, 0.15) is 22.3 Å². The molecule has 0 amide bonds. The molecule has 53 heavy (non-hydrogen) atoms. The fraction of sp³-hybridized carbons (Fsp3) is 0.0196. The molecule has 0 N–H and O–H groups in total. The third-order valence-electron chi connectivity index (χ3n) is 11.8. The van der Waals surface area contributed by atoms with Gasteiger partial charge in [0.1, 0.15) is 5.58 Å². The van der Waals surface area contributed by atoms with Crippen LogP contribution in [-0.4, -0.2) is 0 Å². The lowest BCUT2D eigenvalue weighted by molar-refractivity contribution is 0.669. The smallest absolute Gasteiger partial charge is 0.159 e. The Kier molecular flexibility index (Phi) is 5.73. The van der Waals surface area contributed by atoms with Gasteiger partial charge in [0.2, 0.25) is 0 Å². The molecule has 1 heterocycles. The molecule has 2 aliphatic rings. The van der Waals surface area contributed by atoms with Crippen LogP contribution in [0.3, 0.4) is 0 Å². The zero-order chi connectivity index (χ0) is 34.7. The van der Waals surface area contributed by atoms with Gasteiger partial charge in [-0.25, -0.2) is 0 Å². The molecule has 12 rings (SSSR count). The van der Waals surface area contributed by atoms with E-state index in [0.29, 0.717) is 0 Å². The maximum atomic E-state index is 6.61. The zero-order valence-corrected chi connectivity index (χ0v) is 28.8.